The smallest absolute Gasteiger partial charge is 0.387 e. The first-order valence-electron chi connectivity index (χ1n) is 9.87. The molecule has 1 aliphatic heterocycles. The molecule has 0 atom stereocenters. The molecule has 0 radical (unpaired) electrons. The number of rotatable bonds is 8. The average Bonchev–Trinajstić information content (AvgIpc) is 3.13. The number of hydrogen-bond acceptors (Lipinski definition) is 6. The molecule has 4 rings (SSSR count). The van der Waals surface area contributed by atoms with Gasteiger partial charge in [-0.1, -0.05) is 18.2 Å². The lowest BCUT2D eigenvalue weighted by Crippen LogP contribution is -2.11. The van der Waals surface area contributed by atoms with E-state index in [9.17, 15) is 18.4 Å². The Balaban J connectivity index is 1.47. The van der Waals surface area contributed by atoms with Crippen LogP contribution in [-0.2, 0) is 0 Å². The van der Waals surface area contributed by atoms with Gasteiger partial charge in [-0.15, -0.1) is 0 Å². The fourth-order valence-corrected chi connectivity index (χ4v) is 3.21. The molecule has 0 N–H and O–H groups in total. The number of fused-ring (bicyclic) bond motifs is 1. The molecule has 0 bridgehead atoms. The molecular formula is C25H18F2O6. The van der Waals surface area contributed by atoms with E-state index in [1.165, 1.54) is 37.5 Å². The van der Waals surface area contributed by atoms with E-state index in [2.05, 4.69) is 4.74 Å². The highest BCUT2D eigenvalue weighted by Crippen LogP contribution is 2.36. The number of alkyl halides is 2. The van der Waals surface area contributed by atoms with Gasteiger partial charge < -0.3 is 18.9 Å². The number of benzene rings is 3. The van der Waals surface area contributed by atoms with Crippen molar-refractivity contribution in [2.24, 2.45) is 0 Å². The number of hydrogen-bond donors (Lipinski definition) is 0. The third-order valence-electron chi connectivity index (χ3n) is 4.84. The summed E-state index contributed by atoms with van der Waals surface area (Å²) in [5.41, 5.74) is 1.04. The minimum Gasteiger partial charge on any atom is -0.497 e. The number of carbonyl (C=O) groups is 2. The Morgan fingerprint density at radius 3 is 2.48 bits per heavy atom. The summed E-state index contributed by atoms with van der Waals surface area (Å²) in [4.78, 5) is 25.0. The fourth-order valence-electron chi connectivity index (χ4n) is 3.21. The summed E-state index contributed by atoms with van der Waals surface area (Å²) in [7, 11) is 1.54. The molecule has 0 saturated carbocycles. The van der Waals surface area contributed by atoms with E-state index in [1.807, 2.05) is 0 Å². The fraction of sp³-hybridized carbons (Fsp3) is 0.120. The third kappa shape index (κ3) is 5.01. The minimum absolute atomic E-state index is 0.0400. The minimum atomic E-state index is -3.00. The Kier molecular flexibility index (Phi) is 6.35. The van der Waals surface area contributed by atoms with Gasteiger partial charge in [0.2, 0.25) is 5.78 Å². The normalized spacial score (nSPS) is 13.6. The summed E-state index contributed by atoms with van der Waals surface area (Å²) in [5, 5.41) is 0. The number of Topliss-reactive ketones (excluding diaryl/α,β-unsaturated/α-hetero) is 2. The Bertz CT molecular complexity index is 1220. The summed E-state index contributed by atoms with van der Waals surface area (Å²) < 4.78 is 46.0. The maximum atomic E-state index is 12.7. The molecule has 0 fully saturated rings. The molecular weight excluding hydrogens is 434 g/mol. The zero-order valence-corrected chi connectivity index (χ0v) is 17.4. The van der Waals surface area contributed by atoms with Crippen molar-refractivity contribution in [3.05, 3.63) is 89.2 Å². The maximum absolute atomic E-state index is 12.7. The molecule has 3 aromatic rings. The topological polar surface area (TPSA) is 71.1 Å². The van der Waals surface area contributed by atoms with E-state index in [1.54, 1.807) is 42.5 Å². The Labute approximate surface area is 188 Å². The molecule has 3 aromatic carbocycles. The standard InChI is InChI=1S/C25H18F2O6/c1-30-17-8-6-15(7-9-17)20(28)14-31-18-10-11-19-22(13-18)32-23(24(19)29)12-16-4-2-3-5-21(16)33-25(26)27/h2-13,25H,14H2,1H3/b23-12-. The van der Waals surface area contributed by atoms with Gasteiger partial charge in [0.25, 0.3) is 0 Å². The van der Waals surface area contributed by atoms with Crippen molar-refractivity contribution in [1.29, 1.82) is 0 Å². The maximum Gasteiger partial charge on any atom is 0.387 e. The first kappa shape index (κ1) is 22.0. The lowest BCUT2D eigenvalue weighted by atomic mass is 10.1. The first-order valence-corrected chi connectivity index (χ1v) is 9.87. The van der Waals surface area contributed by atoms with Crippen molar-refractivity contribution < 1.29 is 37.3 Å². The molecule has 168 valence electrons. The van der Waals surface area contributed by atoms with E-state index < -0.39 is 12.4 Å². The van der Waals surface area contributed by atoms with Gasteiger partial charge in [-0.25, -0.2) is 0 Å². The van der Waals surface area contributed by atoms with Crippen molar-refractivity contribution in [3.63, 3.8) is 0 Å². The van der Waals surface area contributed by atoms with Crippen molar-refractivity contribution in [3.8, 4) is 23.0 Å². The van der Waals surface area contributed by atoms with Gasteiger partial charge >= 0.3 is 6.61 Å². The Hall–Kier alpha value is -4.20. The van der Waals surface area contributed by atoms with Crippen LogP contribution >= 0.6 is 0 Å². The zero-order valence-electron chi connectivity index (χ0n) is 17.4. The Morgan fingerprint density at radius 1 is 1.03 bits per heavy atom. The summed E-state index contributed by atoms with van der Waals surface area (Å²) in [6.07, 6.45) is 1.34. The van der Waals surface area contributed by atoms with E-state index >= 15 is 0 Å². The number of methoxy groups -OCH3 is 1. The molecule has 0 aromatic heterocycles. The zero-order chi connectivity index (χ0) is 23.4. The molecule has 8 heteroatoms. The second-order valence-electron chi connectivity index (χ2n) is 6.95. The molecule has 0 spiro atoms. The predicted octanol–water partition coefficient (Wildman–Crippen LogP) is 5.17. The lowest BCUT2D eigenvalue weighted by Gasteiger charge is -2.08. The molecule has 33 heavy (non-hydrogen) atoms. The number of carbonyl (C=O) groups excluding carboxylic acids is 2. The van der Waals surface area contributed by atoms with Crippen LogP contribution in [0.2, 0.25) is 0 Å². The molecule has 0 amide bonds. The highest BCUT2D eigenvalue weighted by molar-refractivity contribution is 6.14. The molecule has 6 nitrogen and oxygen atoms in total. The van der Waals surface area contributed by atoms with Gasteiger partial charge in [0.15, 0.2) is 18.1 Å². The number of ether oxygens (including phenoxy) is 4. The van der Waals surface area contributed by atoms with Gasteiger partial charge in [0.1, 0.15) is 23.0 Å². The number of para-hydroxylation sites is 1. The van der Waals surface area contributed by atoms with Crippen LogP contribution in [-0.4, -0.2) is 31.9 Å². The Morgan fingerprint density at radius 2 is 1.76 bits per heavy atom. The summed E-state index contributed by atoms with van der Waals surface area (Å²) in [6, 6.07) is 17.3. The summed E-state index contributed by atoms with van der Waals surface area (Å²) in [5.74, 6) is 0.471. The van der Waals surface area contributed by atoms with E-state index in [4.69, 9.17) is 14.2 Å². The first-order chi connectivity index (χ1) is 15.9. The highest BCUT2D eigenvalue weighted by Gasteiger charge is 2.28. The third-order valence-corrected chi connectivity index (χ3v) is 4.84. The van der Waals surface area contributed by atoms with Gasteiger partial charge in [-0.2, -0.15) is 8.78 Å². The van der Waals surface area contributed by atoms with Gasteiger partial charge in [0.05, 0.1) is 12.7 Å². The van der Waals surface area contributed by atoms with Crippen molar-refractivity contribution in [2.75, 3.05) is 13.7 Å². The molecule has 1 heterocycles. The second kappa shape index (κ2) is 9.52. The highest BCUT2D eigenvalue weighted by atomic mass is 19.3. The average molecular weight is 452 g/mol. The van der Waals surface area contributed by atoms with Crippen molar-refractivity contribution in [2.45, 2.75) is 6.61 Å². The molecule has 0 saturated heterocycles. The second-order valence-corrected chi connectivity index (χ2v) is 6.95. The summed E-state index contributed by atoms with van der Waals surface area (Å²) >= 11 is 0. The largest absolute Gasteiger partial charge is 0.497 e. The number of halogens is 2. The number of allylic oxidation sites excluding steroid dienone is 1. The lowest BCUT2D eigenvalue weighted by molar-refractivity contribution is -0.0500. The predicted molar refractivity (Wildman–Crippen MR) is 115 cm³/mol. The monoisotopic (exact) mass is 452 g/mol. The molecule has 1 aliphatic rings. The SMILES string of the molecule is COc1ccc(C(=O)COc2ccc3c(c2)O/C(=C\c2ccccc2OC(F)F)C3=O)cc1. The van der Waals surface area contributed by atoms with Crippen LogP contribution in [0.5, 0.6) is 23.0 Å². The van der Waals surface area contributed by atoms with Gasteiger partial charge in [-0.05, 0) is 48.5 Å². The van der Waals surface area contributed by atoms with Crippen LogP contribution in [0.1, 0.15) is 26.3 Å². The van der Waals surface area contributed by atoms with Gasteiger partial charge in [-0.3, -0.25) is 9.59 Å². The quantitative estimate of drug-likeness (QED) is 0.347. The number of ketones is 2. The van der Waals surface area contributed by atoms with Crippen LogP contribution in [0.3, 0.4) is 0 Å². The van der Waals surface area contributed by atoms with Crippen LogP contribution in [0.15, 0.2) is 72.5 Å². The van der Waals surface area contributed by atoms with Crippen LogP contribution in [0.4, 0.5) is 8.78 Å². The van der Waals surface area contributed by atoms with Crippen LogP contribution < -0.4 is 18.9 Å². The van der Waals surface area contributed by atoms with Crippen LogP contribution in [0.25, 0.3) is 6.08 Å². The molecule has 0 unspecified atom stereocenters. The van der Waals surface area contributed by atoms with E-state index in [0.29, 0.717) is 22.6 Å². The van der Waals surface area contributed by atoms with E-state index in [0.717, 1.165) is 0 Å². The van der Waals surface area contributed by atoms with Crippen LogP contribution in [0, 0.1) is 0 Å². The van der Waals surface area contributed by atoms with Crippen molar-refractivity contribution >= 4 is 17.6 Å². The summed E-state index contributed by atoms with van der Waals surface area (Å²) in [6.45, 7) is -3.21. The van der Waals surface area contributed by atoms with Gasteiger partial charge in [0, 0.05) is 17.2 Å². The molecule has 0 aliphatic carbocycles. The van der Waals surface area contributed by atoms with E-state index in [-0.39, 0.29) is 35.2 Å². The van der Waals surface area contributed by atoms with Crippen molar-refractivity contribution in [1.82, 2.24) is 0 Å².